The van der Waals surface area contributed by atoms with Crippen LogP contribution in [0.3, 0.4) is 0 Å². The molecule has 13 heavy (non-hydrogen) atoms. The molecule has 0 aromatic carbocycles. The quantitative estimate of drug-likeness (QED) is 0.606. The summed E-state index contributed by atoms with van der Waals surface area (Å²) in [5.41, 5.74) is 0. The summed E-state index contributed by atoms with van der Waals surface area (Å²) in [6, 6.07) is 0. The summed E-state index contributed by atoms with van der Waals surface area (Å²) in [5, 5.41) is -0.193. The van der Waals surface area contributed by atoms with Crippen LogP contribution in [0.4, 0.5) is 0 Å². The van der Waals surface area contributed by atoms with Gasteiger partial charge >= 0.3 is 0 Å². The van der Waals surface area contributed by atoms with Crippen LogP contribution in [0.2, 0.25) is 0 Å². The molecule has 3 atom stereocenters. The van der Waals surface area contributed by atoms with Crippen LogP contribution in [0, 0.1) is 0 Å². The largest absolute Gasteiger partial charge is 0.125 e. The van der Waals surface area contributed by atoms with E-state index >= 15 is 0 Å². The highest BCUT2D eigenvalue weighted by Gasteiger charge is 2.15. The van der Waals surface area contributed by atoms with E-state index in [-0.39, 0.29) is 16.1 Å². The average molecular weight is 286 g/mol. The Kier molecular flexibility index (Phi) is 9.71. The van der Waals surface area contributed by atoms with Crippen LogP contribution in [0.1, 0.15) is 19.3 Å². The maximum absolute atomic E-state index is 5.97. The van der Waals surface area contributed by atoms with Crippen molar-refractivity contribution in [1.29, 1.82) is 0 Å². The minimum Gasteiger partial charge on any atom is -0.125 e. The van der Waals surface area contributed by atoms with Crippen molar-refractivity contribution < 1.29 is 0 Å². The smallest absolute Gasteiger partial charge is 0.0634 e. The van der Waals surface area contributed by atoms with Gasteiger partial charge in [-0.3, -0.25) is 0 Å². The number of alkyl halides is 5. The summed E-state index contributed by atoms with van der Waals surface area (Å²) >= 11 is 28.7. The number of halogens is 5. The van der Waals surface area contributed by atoms with Crippen molar-refractivity contribution in [1.82, 2.24) is 0 Å². The number of hydrogen-bond donors (Lipinski definition) is 0. The normalized spacial score (nSPS) is 18.2. The Hall–Kier alpha value is 1.45. The van der Waals surface area contributed by atoms with Gasteiger partial charge in [0.05, 0.1) is 10.8 Å². The molecule has 0 amide bonds. The second-order valence-corrected chi connectivity index (χ2v) is 5.22. The van der Waals surface area contributed by atoms with Crippen LogP contribution in [0.5, 0.6) is 0 Å². The summed E-state index contributed by atoms with van der Waals surface area (Å²) in [5.74, 6) is 0.865. The second-order valence-electron chi connectivity index (χ2n) is 2.87. The van der Waals surface area contributed by atoms with Crippen LogP contribution < -0.4 is 0 Å². The molecule has 80 valence electrons. The predicted octanol–water partition coefficient (Wildman–Crippen LogP) is 4.46. The Morgan fingerprint density at radius 3 is 1.85 bits per heavy atom. The van der Waals surface area contributed by atoms with E-state index in [0.717, 1.165) is 19.3 Å². The molecule has 0 N–H and O–H groups in total. The number of rotatable bonds is 7. The summed E-state index contributed by atoms with van der Waals surface area (Å²) < 4.78 is 0. The molecule has 0 bridgehead atoms. The molecule has 5 heteroatoms. The predicted molar refractivity (Wildman–Crippen MR) is 64.2 cm³/mol. The maximum Gasteiger partial charge on any atom is 0.0634 e. The molecular weight excluding hydrogens is 273 g/mol. The van der Waals surface area contributed by atoms with Crippen molar-refractivity contribution in [3.05, 3.63) is 0 Å². The third-order valence-corrected chi connectivity index (χ3v) is 4.21. The first kappa shape index (κ1) is 14.5. The van der Waals surface area contributed by atoms with Gasteiger partial charge in [-0.05, 0) is 12.8 Å². The molecule has 0 aromatic rings. The minimum absolute atomic E-state index is 0.0373. The highest BCUT2D eigenvalue weighted by Crippen LogP contribution is 2.19. The zero-order valence-corrected chi connectivity index (χ0v) is 10.9. The van der Waals surface area contributed by atoms with Crippen molar-refractivity contribution in [2.24, 2.45) is 0 Å². The van der Waals surface area contributed by atoms with Gasteiger partial charge in [0.1, 0.15) is 0 Å². The maximum atomic E-state index is 5.97. The lowest BCUT2D eigenvalue weighted by molar-refractivity contribution is 0.640. The first-order valence-corrected chi connectivity index (χ1v) is 6.53. The zero-order chi connectivity index (χ0) is 10.3. The Balaban J connectivity index is 3.41. The van der Waals surface area contributed by atoms with Gasteiger partial charge in [0.25, 0.3) is 0 Å². The van der Waals surface area contributed by atoms with Gasteiger partial charge in [-0.1, -0.05) is 6.42 Å². The van der Waals surface area contributed by atoms with Gasteiger partial charge in [-0.2, -0.15) is 0 Å². The van der Waals surface area contributed by atoms with E-state index in [9.17, 15) is 0 Å². The van der Waals surface area contributed by atoms with E-state index in [4.69, 9.17) is 58.0 Å². The van der Waals surface area contributed by atoms with Crippen molar-refractivity contribution in [2.45, 2.75) is 35.4 Å². The standard InChI is InChI=1S/C8H13Cl5/c9-4-6(11)2-1-3-7(12)8(13)5-10/h6-8H,1-5H2. The zero-order valence-electron chi connectivity index (χ0n) is 7.16. The average Bonchev–Trinajstić information content (AvgIpc) is 2.15. The lowest BCUT2D eigenvalue weighted by atomic mass is 10.1. The van der Waals surface area contributed by atoms with Crippen molar-refractivity contribution >= 4 is 58.0 Å². The van der Waals surface area contributed by atoms with E-state index in [1.54, 1.807) is 0 Å². The first-order valence-electron chi connectivity index (χ1n) is 4.16. The van der Waals surface area contributed by atoms with E-state index in [1.807, 2.05) is 0 Å². The highest BCUT2D eigenvalue weighted by molar-refractivity contribution is 6.33. The van der Waals surface area contributed by atoms with Gasteiger partial charge < -0.3 is 0 Å². The summed E-state index contributed by atoms with van der Waals surface area (Å²) in [6.07, 6.45) is 2.65. The van der Waals surface area contributed by atoms with Crippen molar-refractivity contribution in [3.63, 3.8) is 0 Å². The molecular formula is C8H13Cl5. The Labute approximate surface area is 105 Å². The fourth-order valence-electron chi connectivity index (χ4n) is 0.889. The van der Waals surface area contributed by atoms with Gasteiger partial charge in [0, 0.05) is 17.1 Å². The summed E-state index contributed by atoms with van der Waals surface area (Å²) in [4.78, 5) is 0. The van der Waals surface area contributed by atoms with Crippen molar-refractivity contribution in [2.75, 3.05) is 11.8 Å². The molecule has 0 spiro atoms. The van der Waals surface area contributed by atoms with E-state index in [2.05, 4.69) is 0 Å². The fourth-order valence-corrected chi connectivity index (χ4v) is 1.87. The van der Waals surface area contributed by atoms with Gasteiger partial charge in [0.15, 0.2) is 0 Å². The summed E-state index contributed by atoms with van der Waals surface area (Å²) in [7, 11) is 0. The molecule has 0 fully saturated rings. The highest BCUT2D eigenvalue weighted by atomic mass is 35.5. The fraction of sp³-hybridized carbons (Fsp3) is 1.00. The van der Waals surface area contributed by atoms with E-state index < -0.39 is 0 Å². The molecule has 0 nitrogen and oxygen atoms in total. The van der Waals surface area contributed by atoms with Gasteiger partial charge in [-0.15, -0.1) is 58.0 Å². The van der Waals surface area contributed by atoms with Gasteiger partial charge in [-0.25, -0.2) is 0 Å². The van der Waals surface area contributed by atoms with Crippen LogP contribution in [0.15, 0.2) is 0 Å². The van der Waals surface area contributed by atoms with Crippen LogP contribution in [-0.2, 0) is 0 Å². The summed E-state index contributed by atoms with van der Waals surface area (Å²) in [6.45, 7) is 0. The number of hydrogen-bond acceptors (Lipinski definition) is 0. The first-order chi connectivity index (χ1) is 6.11. The minimum atomic E-state index is -0.159. The molecule has 0 radical (unpaired) electrons. The molecule has 0 saturated heterocycles. The van der Waals surface area contributed by atoms with Crippen LogP contribution >= 0.6 is 58.0 Å². The van der Waals surface area contributed by atoms with Gasteiger partial charge in [0.2, 0.25) is 0 Å². The van der Waals surface area contributed by atoms with Crippen molar-refractivity contribution in [3.8, 4) is 0 Å². The monoisotopic (exact) mass is 284 g/mol. The molecule has 0 heterocycles. The van der Waals surface area contributed by atoms with E-state index in [0.29, 0.717) is 11.8 Å². The van der Waals surface area contributed by atoms with E-state index in [1.165, 1.54) is 0 Å². The van der Waals surface area contributed by atoms with Crippen LogP contribution in [-0.4, -0.2) is 27.9 Å². The third kappa shape index (κ3) is 7.39. The molecule has 0 aliphatic rings. The molecule has 0 rings (SSSR count). The lowest BCUT2D eigenvalue weighted by Gasteiger charge is -2.13. The molecule has 0 saturated carbocycles. The Bertz CT molecular complexity index is 119. The van der Waals surface area contributed by atoms with Crippen LogP contribution in [0.25, 0.3) is 0 Å². The lowest BCUT2D eigenvalue weighted by Crippen LogP contribution is -2.17. The Morgan fingerprint density at radius 1 is 0.769 bits per heavy atom. The third-order valence-electron chi connectivity index (χ3n) is 1.70. The Morgan fingerprint density at radius 2 is 1.38 bits per heavy atom. The molecule has 0 aromatic heterocycles. The molecule has 3 unspecified atom stereocenters. The molecule has 0 aliphatic heterocycles. The second kappa shape index (κ2) is 8.73. The SMILES string of the molecule is ClCC(Cl)CCCC(Cl)C(Cl)CCl. The topological polar surface area (TPSA) is 0 Å². The molecule has 0 aliphatic carbocycles.